The second kappa shape index (κ2) is 3.86. The lowest BCUT2D eigenvalue weighted by Crippen LogP contribution is -2.05. The molecule has 0 saturated carbocycles. The summed E-state index contributed by atoms with van der Waals surface area (Å²) >= 11 is 0. The van der Waals surface area contributed by atoms with Gasteiger partial charge in [0, 0.05) is 11.8 Å². The van der Waals surface area contributed by atoms with Gasteiger partial charge in [-0.25, -0.2) is 4.98 Å². The SMILES string of the molecule is Cc1nc(Nc2ccccc2)n2nccc2n1. The number of nitrogens with zero attached hydrogens (tertiary/aromatic N) is 4. The van der Waals surface area contributed by atoms with E-state index in [-0.39, 0.29) is 0 Å². The van der Waals surface area contributed by atoms with Crippen LogP contribution in [-0.2, 0) is 0 Å². The second-order valence-electron chi connectivity index (χ2n) is 3.69. The standard InChI is InChI=1S/C12H11N5/c1-9-14-11-7-8-13-17(11)12(15-9)16-10-5-3-2-4-6-10/h2-8H,1H3,(H,14,15,16). The summed E-state index contributed by atoms with van der Waals surface area (Å²) < 4.78 is 1.68. The van der Waals surface area contributed by atoms with Crippen molar-refractivity contribution in [1.29, 1.82) is 0 Å². The van der Waals surface area contributed by atoms with E-state index in [1.54, 1.807) is 10.7 Å². The van der Waals surface area contributed by atoms with Crippen LogP contribution in [0.15, 0.2) is 42.6 Å². The molecule has 84 valence electrons. The molecule has 0 fully saturated rings. The van der Waals surface area contributed by atoms with Crippen molar-refractivity contribution in [3.63, 3.8) is 0 Å². The molecule has 1 N–H and O–H groups in total. The molecule has 0 radical (unpaired) electrons. The van der Waals surface area contributed by atoms with Crippen molar-refractivity contribution in [1.82, 2.24) is 19.6 Å². The van der Waals surface area contributed by atoms with Gasteiger partial charge in [-0.1, -0.05) is 18.2 Å². The van der Waals surface area contributed by atoms with E-state index in [9.17, 15) is 0 Å². The monoisotopic (exact) mass is 225 g/mol. The molecule has 0 aliphatic heterocycles. The maximum atomic E-state index is 4.35. The number of para-hydroxylation sites is 1. The zero-order valence-electron chi connectivity index (χ0n) is 9.33. The molecule has 0 saturated heterocycles. The van der Waals surface area contributed by atoms with E-state index < -0.39 is 0 Å². The molecule has 0 aliphatic carbocycles. The van der Waals surface area contributed by atoms with Gasteiger partial charge in [-0.3, -0.25) is 0 Å². The maximum absolute atomic E-state index is 4.35. The van der Waals surface area contributed by atoms with Crippen molar-refractivity contribution in [3.8, 4) is 0 Å². The highest BCUT2D eigenvalue weighted by atomic mass is 15.3. The summed E-state index contributed by atoms with van der Waals surface area (Å²) in [5, 5.41) is 7.41. The number of aromatic nitrogens is 4. The predicted octanol–water partition coefficient (Wildman–Crippen LogP) is 2.18. The lowest BCUT2D eigenvalue weighted by atomic mass is 10.3. The second-order valence-corrected chi connectivity index (χ2v) is 3.69. The highest BCUT2D eigenvalue weighted by Gasteiger charge is 2.05. The van der Waals surface area contributed by atoms with E-state index in [4.69, 9.17) is 0 Å². The quantitative estimate of drug-likeness (QED) is 0.726. The summed E-state index contributed by atoms with van der Waals surface area (Å²) in [7, 11) is 0. The molecule has 0 amide bonds. The summed E-state index contributed by atoms with van der Waals surface area (Å²) in [5.41, 5.74) is 1.76. The van der Waals surface area contributed by atoms with Gasteiger partial charge in [0.2, 0.25) is 5.95 Å². The Hall–Kier alpha value is -2.43. The minimum Gasteiger partial charge on any atom is -0.324 e. The third-order valence-corrected chi connectivity index (χ3v) is 2.40. The number of anilines is 2. The molecule has 5 nitrogen and oxygen atoms in total. The fourth-order valence-corrected chi connectivity index (χ4v) is 1.67. The molecule has 2 aromatic heterocycles. The first kappa shape index (κ1) is 9.77. The van der Waals surface area contributed by atoms with Gasteiger partial charge in [0.05, 0.1) is 6.20 Å². The summed E-state index contributed by atoms with van der Waals surface area (Å²) in [6, 6.07) is 11.7. The van der Waals surface area contributed by atoms with Crippen LogP contribution in [0.5, 0.6) is 0 Å². The molecule has 0 atom stereocenters. The fourth-order valence-electron chi connectivity index (χ4n) is 1.67. The number of benzene rings is 1. The van der Waals surface area contributed by atoms with Crippen LogP contribution >= 0.6 is 0 Å². The molecule has 1 aromatic carbocycles. The van der Waals surface area contributed by atoms with E-state index in [2.05, 4.69) is 20.4 Å². The number of nitrogens with one attached hydrogen (secondary N) is 1. The Morgan fingerprint density at radius 3 is 2.71 bits per heavy atom. The van der Waals surface area contributed by atoms with Crippen LogP contribution in [0.1, 0.15) is 5.82 Å². The van der Waals surface area contributed by atoms with Crippen LogP contribution in [0.3, 0.4) is 0 Å². The third-order valence-electron chi connectivity index (χ3n) is 2.40. The summed E-state index contributed by atoms with van der Waals surface area (Å²) in [5.74, 6) is 1.39. The van der Waals surface area contributed by atoms with E-state index in [1.807, 2.05) is 43.3 Å². The van der Waals surface area contributed by atoms with Crippen molar-refractivity contribution in [2.45, 2.75) is 6.92 Å². The third kappa shape index (κ3) is 1.82. The lowest BCUT2D eigenvalue weighted by Gasteiger charge is -2.07. The molecule has 3 aromatic rings. The minimum atomic E-state index is 0.670. The van der Waals surface area contributed by atoms with Gasteiger partial charge in [-0.05, 0) is 19.1 Å². The molecular formula is C12H11N5. The van der Waals surface area contributed by atoms with Gasteiger partial charge in [-0.15, -0.1) is 0 Å². The first-order valence-electron chi connectivity index (χ1n) is 5.33. The first-order valence-corrected chi connectivity index (χ1v) is 5.33. The van der Waals surface area contributed by atoms with E-state index in [0.29, 0.717) is 5.95 Å². The van der Waals surface area contributed by atoms with Crippen LogP contribution in [0.2, 0.25) is 0 Å². The summed E-state index contributed by atoms with van der Waals surface area (Å²) in [4.78, 5) is 8.63. The molecule has 17 heavy (non-hydrogen) atoms. The zero-order valence-corrected chi connectivity index (χ0v) is 9.33. The smallest absolute Gasteiger partial charge is 0.232 e. The lowest BCUT2D eigenvalue weighted by molar-refractivity contribution is 0.881. The van der Waals surface area contributed by atoms with Crippen molar-refractivity contribution < 1.29 is 0 Å². The molecule has 0 unspecified atom stereocenters. The van der Waals surface area contributed by atoms with Gasteiger partial charge in [0.1, 0.15) is 5.82 Å². The van der Waals surface area contributed by atoms with Gasteiger partial charge in [0.15, 0.2) is 5.65 Å². The summed E-state index contributed by atoms with van der Waals surface area (Å²) in [6.45, 7) is 1.86. The average Bonchev–Trinajstić information content (AvgIpc) is 2.78. The van der Waals surface area contributed by atoms with Crippen LogP contribution < -0.4 is 5.32 Å². The van der Waals surface area contributed by atoms with Crippen molar-refractivity contribution >= 4 is 17.3 Å². The Kier molecular flexibility index (Phi) is 2.22. The number of hydrogen-bond donors (Lipinski definition) is 1. The average molecular weight is 225 g/mol. The zero-order chi connectivity index (χ0) is 11.7. The Labute approximate surface area is 98.1 Å². The van der Waals surface area contributed by atoms with E-state index in [1.165, 1.54) is 0 Å². The van der Waals surface area contributed by atoms with Crippen molar-refractivity contribution in [3.05, 3.63) is 48.4 Å². The van der Waals surface area contributed by atoms with Gasteiger partial charge in [-0.2, -0.15) is 14.6 Å². The van der Waals surface area contributed by atoms with Gasteiger partial charge >= 0.3 is 0 Å². The number of hydrogen-bond acceptors (Lipinski definition) is 4. The van der Waals surface area contributed by atoms with Gasteiger partial charge in [0.25, 0.3) is 0 Å². The van der Waals surface area contributed by atoms with Crippen molar-refractivity contribution in [2.75, 3.05) is 5.32 Å². The Morgan fingerprint density at radius 2 is 1.88 bits per heavy atom. The van der Waals surface area contributed by atoms with Crippen LogP contribution in [0.4, 0.5) is 11.6 Å². The predicted molar refractivity (Wildman–Crippen MR) is 65.2 cm³/mol. The molecule has 2 heterocycles. The molecular weight excluding hydrogens is 214 g/mol. The fraction of sp³-hybridized carbons (Fsp3) is 0.0833. The van der Waals surface area contributed by atoms with Crippen molar-refractivity contribution in [2.24, 2.45) is 0 Å². The van der Waals surface area contributed by atoms with E-state index in [0.717, 1.165) is 17.2 Å². The number of aryl methyl sites for hydroxylation is 1. The molecule has 0 bridgehead atoms. The normalized spacial score (nSPS) is 10.6. The van der Waals surface area contributed by atoms with Crippen LogP contribution in [0.25, 0.3) is 5.65 Å². The van der Waals surface area contributed by atoms with Crippen LogP contribution in [-0.4, -0.2) is 19.6 Å². The number of fused-ring (bicyclic) bond motifs is 1. The first-order chi connectivity index (χ1) is 8.33. The molecule has 5 heteroatoms. The molecule has 3 rings (SSSR count). The largest absolute Gasteiger partial charge is 0.324 e. The highest BCUT2D eigenvalue weighted by molar-refractivity contribution is 5.55. The van der Waals surface area contributed by atoms with Gasteiger partial charge < -0.3 is 5.32 Å². The molecule has 0 aliphatic rings. The summed E-state index contributed by atoms with van der Waals surface area (Å²) in [6.07, 6.45) is 1.71. The Balaban J connectivity index is 2.08. The maximum Gasteiger partial charge on any atom is 0.232 e. The number of rotatable bonds is 2. The topological polar surface area (TPSA) is 55.1 Å². The molecule has 0 spiro atoms. The van der Waals surface area contributed by atoms with E-state index >= 15 is 0 Å². The minimum absolute atomic E-state index is 0.670. The highest BCUT2D eigenvalue weighted by Crippen LogP contribution is 2.14. The Morgan fingerprint density at radius 1 is 1.06 bits per heavy atom. The van der Waals surface area contributed by atoms with Crippen LogP contribution in [0, 0.1) is 6.92 Å². The Bertz CT molecular complexity index is 644.